The molecule has 2 aromatic carbocycles. The summed E-state index contributed by atoms with van der Waals surface area (Å²) in [4.78, 5) is 14.4. The number of amides is 1. The molecule has 2 aliphatic rings. The van der Waals surface area contributed by atoms with Crippen molar-refractivity contribution in [1.82, 2.24) is 14.5 Å². The number of alkyl halides is 3. The SMILES string of the molecule is O=C(N[C@H]1C[C@H]2CN(S(=O)(=O)c3ccc(C(F)(F)F)cc3)CCN2C1)c1ccc(Cl)cc1. The zero-order chi connectivity index (χ0) is 23.1. The van der Waals surface area contributed by atoms with E-state index >= 15 is 0 Å². The van der Waals surface area contributed by atoms with Gasteiger partial charge in [-0.15, -0.1) is 0 Å². The van der Waals surface area contributed by atoms with Gasteiger partial charge in [-0.3, -0.25) is 9.69 Å². The highest BCUT2D eigenvalue weighted by Gasteiger charge is 2.40. The van der Waals surface area contributed by atoms with E-state index in [2.05, 4.69) is 10.2 Å². The van der Waals surface area contributed by atoms with Crippen LogP contribution in [0.2, 0.25) is 5.02 Å². The summed E-state index contributed by atoms with van der Waals surface area (Å²) >= 11 is 5.85. The van der Waals surface area contributed by atoms with Crippen molar-refractivity contribution in [3.8, 4) is 0 Å². The number of fused-ring (bicyclic) bond motifs is 1. The normalized spacial score (nSPS) is 22.5. The molecule has 172 valence electrons. The molecule has 0 spiro atoms. The van der Waals surface area contributed by atoms with E-state index in [4.69, 9.17) is 11.6 Å². The lowest BCUT2D eigenvalue weighted by Gasteiger charge is -2.36. The number of nitrogens with zero attached hydrogens (tertiary/aromatic N) is 2. The smallest absolute Gasteiger partial charge is 0.348 e. The molecule has 32 heavy (non-hydrogen) atoms. The Morgan fingerprint density at radius 1 is 1.00 bits per heavy atom. The van der Waals surface area contributed by atoms with Gasteiger partial charge in [-0.25, -0.2) is 8.42 Å². The highest BCUT2D eigenvalue weighted by Crippen LogP contribution is 2.31. The molecule has 0 bridgehead atoms. The second kappa shape index (κ2) is 8.66. The first kappa shape index (κ1) is 23.0. The van der Waals surface area contributed by atoms with Gasteiger partial charge in [0, 0.05) is 48.8 Å². The predicted molar refractivity (Wildman–Crippen MR) is 113 cm³/mol. The minimum atomic E-state index is -4.52. The van der Waals surface area contributed by atoms with Crippen LogP contribution >= 0.6 is 11.6 Å². The van der Waals surface area contributed by atoms with Crippen LogP contribution in [-0.4, -0.2) is 61.8 Å². The van der Waals surface area contributed by atoms with Crippen molar-refractivity contribution in [3.05, 3.63) is 64.7 Å². The summed E-state index contributed by atoms with van der Waals surface area (Å²) in [5, 5.41) is 3.51. The van der Waals surface area contributed by atoms with E-state index < -0.39 is 21.8 Å². The van der Waals surface area contributed by atoms with Crippen LogP contribution in [0.1, 0.15) is 22.3 Å². The summed E-state index contributed by atoms with van der Waals surface area (Å²) in [6, 6.07) is 9.89. The zero-order valence-corrected chi connectivity index (χ0v) is 18.4. The van der Waals surface area contributed by atoms with Crippen LogP contribution in [0.15, 0.2) is 53.4 Å². The Morgan fingerprint density at radius 2 is 1.66 bits per heavy atom. The fourth-order valence-corrected chi connectivity index (χ4v) is 5.77. The quantitative estimate of drug-likeness (QED) is 0.719. The maximum Gasteiger partial charge on any atom is 0.416 e. The monoisotopic (exact) mass is 487 g/mol. The molecule has 0 aliphatic carbocycles. The van der Waals surface area contributed by atoms with Crippen molar-refractivity contribution in [1.29, 1.82) is 0 Å². The number of nitrogens with one attached hydrogen (secondary N) is 1. The molecule has 1 amide bonds. The topological polar surface area (TPSA) is 69.7 Å². The van der Waals surface area contributed by atoms with Gasteiger partial charge in [0.15, 0.2) is 0 Å². The minimum absolute atomic E-state index is 0.0801. The highest BCUT2D eigenvalue weighted by atomic mass is 35.5. The third-order valence-corrected chi connectivity index (χ3v) is 7.97. The Morgan fingerprint density at radius 3 is 2.28 bits per heavy atom. The van der Waals surface area contributed by atoms with Crippen molar-refractivity contribution in [2.45, 2.75) is 29.6 Å². The first-order chi connectivity index (χ1) is 15.0. The number of piperazine rings is 1. The molecule has 0 aromatic heterocycles. The van der Waals surface area contributed by atoms with Gasteiger partial charge in [-0.05, 0) is 55.0 Å². The number of sulfonamides is 1. The fourth-order valence-electron chi connectivity index (χ4n) is 4.17. The maximum atomic E-state index is 13.0. The summed E-state index contributed by atoms with van der Waals surface area (Å²) in [7, 11) is -3.91. The molecular weight excluding hydrogens is 467 g/mol. The maximum absolute atomic E-state index is 13.0. The molecule has 11 heteroatoms. The number of rotatable bonds is 4. The Bertz CT molecular complexity index is 1090. The van der Waals surface area contributed by atoms with Crippen molar-refractivity contribution in [2.24, 2.45) is 0 Å². The van der Waals surface area contributed by atoms with E-state index in [1.54, 1.807) is 24.3 Å². The van der Waals surface area contributed by atoms with E-state index in [0.717, 1.165) is 24.3 Å². The third kappa shape index (κ3) is 4.78. The van der Waals surface area contributed by atoms with Gasteiger partial charge < -0.3 is 5.32 Å². The number of hydrogen-bond acceptors (Lipinski definition) is 4. The molecule has 2 saturated heterocycles. The van der Waals surface area contributed by atoms with E-state index in [1.807, 2.05) is 0 Å². The molecule has 2 heterocycles. The molecule has 2 aliphatic heterocycles. The summed E-state index contributed by atoms with van der Waals surface area (Å²) in [5.74, 6) is -0.222. The highest BCUT2D eigenvalue weighted by molar-refractivity contribution is 7.89. The van der Waals surface area contributed by atoms with Crippen LogP contribution in [-0.2, 0) is 16.2 Å². The number of hydrogen-bond donors (Lipinski definition) is 1. The van der Waals surface area contributed by atoms with E-state index in [-0.39, 0.29) is 36.0 Å². The second-order valence-corrected chi connectivity index (χ2v) is 10.3. The van der Waals surface area contributed by atoms with Gasteiger partial charge in [0.05, 0.1) is 10.5 Å². The summed E-state index contributed by atoms with van der Waals surface area (Å²) in [6.45, 7) is 1.55. The van der Waals surface area contributed by atoms with Gasteiger partial charge >= 0.3 is 6.18 Å². The Kier molecular flexibility index (Phi) is 6.23. The molecule has 2 fully saturated rings. The average Bonchev–Trinajstić information content (AvgIpc) is 3.15. The predicted octanol–water partition coefficient (Wildman–Crippen LogP) is 3.24. The number of carbonyl (C=O) groups excluding carboxylic acids is 1. The van der Waals surface area contributed by atoms with Gasteiger partial charge in [-0.1, -0.05) is 11.6 Å². The van der Waals surface area contributed by atoms with Crippen molar-refractivity contribution < 1.29 is 26.4 Å². The summed E-state index contributed by atoms with van der Waals surface area (Å²) in [6.07, 6.45) is -3.94. The summed E-state index contributed by atoms with van der Waals surface area (Å²) in [5.41, 5.74) is -0.401. The van der Waals surface area contributed by atoms with Crippen LogP contribution < -0.4 is 5.32 Å². The van der Waals surface area contributed by atoms with Gasteiger partial charge in [-0.2, -0.15) is 17.5 Å². The molecule has 1 N–H and O–H groups in total. The Hall–Kier alpha value is -2.14. The Balaban J connectivity index is 1.40. The number of halogens is 4. The van der Waals surface area contributed by atoms with Crippen LogP contribution in [0.4, 0.5) is 13.2 Å². The van der Waals surface area contributed by atoms with Crippen LogP contribution in [0.25, 0.3) is 0 Å². The molecule has 4 rings (SSSR count). The lowest BCUT2D eigenvalue weighted by molar-refractivity contribution is -0.137. The van der Waals surface area contributed by atoms with Gasteiger partial charge in [0.2, 0.25) is 10.0 Å². The van der Waals surface area contributed by atoms with E-state index in [9.17, 15) is 26.4 Å². The molecule has 2 aromatic rings. The zero-order valence-electron chi connectivity index (χ0n) is 16.8. The third-order valence-electron chi connectivity index (χ3n) is 5.84. The molecule has 0 radical (unpaired) electrons. The fraction of sp³-hybridized carbons (Fsp3) is 0.381. The van der Waals surface area contributed by atoms with Crippen LogP contribution in [0, 0.1) is 0 Å². The Labute approximate surface area is 189 Å². The van der Waals surface area contributed by atoms with E-state index in [0.29, 0.717) is 30.1 Å². The lowest BCUT2D eigenvalue weighted by Crippen LogP contribution is -2.51. The average molecular weight is 488 g/mol. The number of benzene rings is 2. The standard InChI is InChI=1S/C21H21ClF3N3O3S/c22-16-5-1-14(2-6-16)20(29)26-17-11-18-13-28(10-9-27(18)12-17)32(30,31)19-7-3-15(4-8-19)21(23,24)25/h1-8,17-18H,9-13H2,(H,26,29)/t17-,18-/m0/s1. The first-order valence-electron chi connectivity index (χ1n) is 10.0. The first-order valence-corrected chi connectivity index (χ1v) is 11.8. The molecular formula is C21H21ClF3N3O3S. The van der Waals surface area contributed by atoms with Crippen LogP contribution in [0.5, 0.6) is 0 Å². The van der Waals surface area contributed by atoms with Gasteiger partial charge in [0.1, 0.15) is 0 Å². The van der Waals surface area contributed by atoms with Crippen LogP contribution in [0.3, 0.4) is 0 Å². The van der Waals surface area contributed by atoms with Crippen molar-refractivity contribution in [3.63, 3.8) is 0 Å². The molecule has 0 unspecified atom stereocenters. The minimum Gasteiger partial charge on any atom is -0.348 e. The lowest BCUT2D eigenvalue weighted by atomic mass is 10.1. The number of carbonyl (C=O) groups is 1. The van der Waals surface area contributed by atoms with Crippen molar-refractivity contribution in [2.75, 3.05) is 26.2 Å². The largest absolute Gasteiger partial charge is 0.416 e. The van der Waals surface area contributed by atoms with E-state index in [1.165, 1.54) is 4.31 Å². The molecule has 0 saturated carbocycles. The second-order valence-electron chi connectivity index (χ2n) is 7.95. The molecule has 2 atom stereocenters. The summed E-state index contributed by atoms with van der Waals surface area (Å²) < 4.78 is 65.5. The van der Waals surface area contributed by atoms with Crippen molar-refractivity contribution >= 4 is 27.5 Å². The van der Waals surface area contributed by atoms with Gasteiger partial charge in [0.25, 0.3) is 5.91 Å². The molecule has 6 nitrogen and oxygen atoms in total.